The first-order chi connectivity index (χ1) is 12.6. The van der Waals surface area contributed by atoms with E-state index in [2.05, 4.69) is 5.32 Å². The Morgan fingerprint density at radius 2 is 1.96 bits per heavy atom. The molecule has 1 N–H and O–H groups in total. The maximum Gasteiger partial charge on any atom is 0.410 e. The quantitative estimate of drug-likeness (QED) is 0.769. The number of ether oxygens (including phenoxy) is 1. The maximum atomic E-state index is 13.4. The molecule has 0 radical (unpaired) electrons. The molecule has 1 aliphatic heterocycles. The molecule has 0 spiro atoms. The van der Waals surface area contributed by atoms with Crippen LogP contribution in [0, 0.1) is 5.82 Å². The summed E-state index contributed by atoms with van der Waals surface area (Å²) >= 11 is 7.48. The fourth-order valence-electron chi connectivity index (χ4n) is 2.97. The van der Waals surface area contributed by atoms with E-state index >= 15 is 0 Å². The fraction of sp³-hybridized carbons (Fsp3) is 0.474. The first kappa shape index (κ1) is 19.9. The average molecular weight is 413 g/mol. The molecule has 2 heterocycles. The predicted molar refractivity (Wildman–Crippen MR) is 105 cm³/mol. The topological polar surface area (TPSA) is 58.6 Å². The molecule has 0 aliphatic carbocycles. The molecule has 3 rings (SSSR count). The number of benzene rings is 1. The van der Waals surface area contributed by atoms with Crippen molar-refractivity contribution in [1.29, 1.82) is 0 Å². The van der Waals surface area contributed by atoms with E-state index in [0.29, 0.717) is 45.9 Å². The lowest BCUT2D eigenvalue weighted by Crippen LogP contribution is -2.47. The van der Waals surface area contributed by atoms with Crippen molar-refractivity contribution in [3.05, 3.63) is 33.9 Å². The molecule has 0 saturated carbocycles. The number of halogens is 2. The number of carbonyl (C=O) groups excluding carboxylic acids is 2. The minimum Gasteiger partial charge on any atom is -0.444 e. The zero-order valence-corrected chi connectivity index (χ0v) is 17.0. The van der Waals surface area contributed by atoms with Crippen LogP contribution in [0.3, 0.4) is 0 Å². The summed E-state index contributed by atoms with van der Waals surface area (Å²) in [5.74, 6) is -0.626. The van der Waals surface area contributed by atoms with Gasteiger partial charge in [0.2, 0.25) is 0 Å². The second-order valence-corrected chi connectivity index (χ2v) is 9.03. The molecule has 1 fully saturated rings. The van der Waals surface area contributed by atoms with Crippen molar-refractivity contribution < 1.29 is 18.7 Å². The van der Waals surface area contributed by atoms with Gasteiger partial charge in [0, 0.05) is 29.2 Å². The van der Waals surface area contributed by atoms with Gasteiger partial charge in [-0.25, -0.2) is 9.18 Å². The SMILES string of the molecule is CC(C)(C)OC(=O)N1CCC(NC(=O)c2sc3cc(F)ccc3c2Cl)CC1. The maximum absolute atomic E-state index is 13.4. The van der Waals surface area contributed by atoms with Gasteiger partial charge < -0.3 is 15.0 Å². The van der Waals surface area contributed by atoms with Crippen LogP contribution in [0.5, 0.6) is 0 Å². The number of hydrogen-bond donors (Lipinski definition) is 1. The minimum atomic E-state index is -0.528. The highest BCUT2D eigenvalue weighted by Gasteiger charge is 2.28. The Labute approximate surface area is 166 Å². The number of thiophene rings is 1. The minimum absolute atomic E-state index is 0.0470. The van der Waals surface area contributed by atoms with Crippen LogP contribution in [0.15, 0.2) is 18.2 Å². The van der Waals surface area contributed by atoms with Crippen molar-refractivity contribution in [3.63, 3.8) is 0 Å². The Morgan fingerprint density at radius 3 is 2.59 bits per heavy atom. The fourth-order valence-corrected chi connectivity index (χ4v) is 4.41. The molecule has 27 heavy (non-hydrogen) atoms. The second-order valence-electron chi connectivity index (χ2n) is 7.60. The van der Waals surface area contributed by atoms with Gasteiger partial charge in [0.05, 0.1) is 5.02 Å². The molecule has 0 atom stereocenters. The van der Waals surface area contributed by atoms with Crippen LogP contribution in [-0.4, -0.2) is 41.6 Å². The van der Waals surface area contributed by atoms with Gasteiger partial charge in [0.15, 0.2) is 0 Å². The normalized spacial score (nSPS) is 15.8. The zero-order valence-electron chi connectivity index (χ0n) is 15.5. The number of fused-ring (bicyclic) bond motifs is 1. The summed E-state index contributed by atoms with van der Waals surface area (Å²) in [5, 5.41) is 3.99. The summed E-state index contributed by atoms with van der Waals surface area (Å²) in [4.78, 5) is 26.7. The molecule has 1 aromatic heterocycles. The summed E-state index contributed by atoms with van der Waals surface area (Å²) in [6, 6.07) is 4.24. The van der Waals surface area contributed by atoms with Crippen molar-refractivity contribution in [2.45, 2.75) is 45.3 Å². The van der Waals surface area contributed by atoms with Gasteiger partial charge in [0.1, 0.15) is 16.3 Å². The number of nitrogens with zero attached hydrogens (tertiary/aromatic N) is 1. The van der Waals surface area contributed by atoms with Crippen molar-refractivity contribution >= 4 is 45.0 Å². The molecule has 8 heteroatoms. The smallest absolute Gasteiger partial charge is 0.410 e. The molecule has 146 valence electrons. The van der Waals surface area contributed by atoms with Crippen molar-refractivity contribution in [3.8, 4) is 0 Å². The average Bonchev–Trinajstić information content (AvgIpc) is 2.90. The Kier molecular flexibility index (Phi) is 5.63. The lowest BCUT2D eigenvalue weighted by atomic mass is 10.1. The summed E-state index contributed by atoms with van der Waals surface area (Å²) < 4.78 is 19.4. The number of carbonyl (C=O) groups is 2. The molecule has 5 nitrogen and oxygen atoms in total. The van der Waals surface area contributed by atoms with Crippen LogP contribution in [0.25, 0.3) is 10.1 Å². The lowest BCUT2D eigenvalue weighted by Gasteiger charge is -2.33. The van der Waals surface area contributed by atoms with Gasteiger partial charge >= 0.3 is 6.09 Å². The molecule has 1 aromatic carbocycles. The Bertz CT molecular complexity index is 870. The monoisotopic (exact) mass is 412 g/mol. The van der Waals surface area contributed by atoms with Crippen LogP contribution in [0.1, 0.15) is 43.3 Å². The lowest BCUT2D eigenvalue weighted by molar-refractivity contribution is 0.0200. The number of likely N-dealkylation sites (tertiary alicyclic amines) is 1. The molecule has 0 unspecified atom stereocenters. The van der Waals surface area contributed by atoms with E-state index in [4.69, 9.17) is 16.3 Å². The van der Waals surface area contributed by atoms with Gasteiger partial charge in [-0.1, -0.05) is 11.6 Å². The van der Waals surface area contributed by atoms with Gasteiger partial charge in [-0.15, -0.1) is 11.3 Å². The first-order valence-corrected chi connectivity index (χ1v) is 10.00. The largest absolute Gasteiger partial charge is 0.444 e. The number of rotatable bonds is 2. The molecule has 2 amide bonds. The first-order valence-electron chi connectivity index (χ1n) is 8.80. The van der Waals surface area contributed by atoms with Gasteiger partial charge in [-0.05, 0) is 51.8 Å². The van der Waals surface area contributed by atoms with Crippen LogP contribution >= 0.6 is 22.9 Å². The third-order valence-corrected chi connectivity index (χ3v) is 5.94. The number of piperidine rings is 1. The van der Waals surface area contributed by atoms with Gasteiger partial charge in [-0.2, -0.15) is 0 Å². The summed E-state index contributed by atoms with van der Waals surface area (Å²) in [6.07, 6.45) is 0.950. The van der Waals surface area contributed by atoms with E-state index < -0.39 is 5.60 Å². The number of hydrogen-bond acceptors (Lipinski definition) is 4. The summed E-state index contributed by atoms with van der Waals surface area (Å²) in [5.41, 5.74) is -0.528. The van der Waals surface area contributed by atoms with Crippen LogP contribution in [0.4, 0.5) is 9.18 Å². The highest BCUT2D eigenvalue weighted by atomic mass is 35.5. The van der Waals surface area contributed by atoms with E-state index in [-0.39, 0.29) is 23.9 Å². The molecule has 1 aliphatic rings. The molecular weight excluding hydrogens is 391 g/mol. The van der Waals surface area contributed by atoms with Gasteiger partial charge in [0.25, 0.3) is 5.91 Å². The number of amides is 2. The van der Waals surface area contributed by atoms with Crippen molar-refractivity contribution in [2.24, 2.45) is 0 Å². The van der Waals surface area contributed by atoms with Crippen LogP contribution in [0.2, 0.25) is 5.02 Å². The van der Waals surface area contributed by atoms with Crippen molar-refractivity contribution in [1.82, 2.24) is 10.2 Å². The molecular formula is C19H22ClFN2O3S. The molecule has 1 saturated heterocycles. The second kappa shape index (κ2) is 7.64. The Hall–Kier alpha value is -1.86. The van der Waals surface area contributed by atoms with E-state index in [9.17, 15) is 14.0 Å². The third kappa shape index (κ3) is 4.71. The van der Waals surface area contributed by atoms with Crippen molar-refractivity contribution in [2.75, 3.05) is 13.1 Å². The highest BCUT2D eigenvalue weighted by molar-refractivity contribution is 7.21. The Balaban J connectivity index is 1.60. The Morgan fingerprint density at radius 1 is 1.30 bits per heavy atom. The van der Waals surface area contributed by atoms with Crippen LogP contribution < -0.4 is 5.32 Å². The standard InChI is InChI=1S/C19H22ClFN2O3S/c1-19(2,3)26-18(25)23-8-6-12(7-9-23)22-17(24)16-15(20)13-5-4-11(21)10-14(13)27-16/h4-5,10,12H,6-9H2,1-3H3,(H,22,24). The molecule has 0 bridgehead atoms. The van der Waals surface area contributed by atoms with E-state index in [1.807, 2.05) is 20.8 Å². The van der Waals surface area contributed by atoms with E-state index in [1.54, 1.807) is 11.0 Å². The van der Waals surface area contributed by atoms with Crippen LogP contribution in [-0.2, 0) is 4.74 Å². The zero-order chi connectivity index (χ0) is 19.8. The van der Waals surface area contributed by atoms with E-state index in [1.165, 1.54) is 23.5 Å². The predicted octanol–water partition coefficient (Wildman–Crippen LogP) is 4.82. The molecule has 2 aromatic rings. The summed E-state index contributed by atoms with van der Waals surface area (Å²) in [6.45, 7) is 6.53. The summed E-state index contributed by atoms with van der Waals surface area (Å²) in [7, 11) is 0. The van der Waals surface area contributed by atoms with Gasteiger partial charge in [-0.3, -0.25) is 4.79 Å². The third-order valence-electron chi connectivity index (χ3n) is 4.28. The van der Waals surface area contributed by atoms with E-state index in [0.717, 1.165) is 0 Å². The highest BCUT2D eigenvalue weighted by Crippen LogP contribution is 2.35. The number of nitrogens with one attached hydrogen (secondary N) is 1.